The van der Waals surface area contributed by atoms with Gasteiger partial charge in [-0.3, -0.25) is 4.90 Å². The Bertz CT molecular complexity index is 495. The Labute approximate surface area is 126 Å². The zero-order valence-electron chi connectivity index (χ0n) is 13.0. The van der Waals surface area contributed by atoms with Crippen molar-refractivity contribution in [2.75, 3.05) is 26.3 Å². The van der Waals surface area contributed by atoms with Gasteiger partial charge in [0.25, 0.3) is 0 Å². The quantitative estimate of drug-likeness (QED) is 0.930. The summed E-state index contributed by atoms with van der Waals surface area (Å²) < 4.78 is 11.4. The summed E-state index contributed by atoms with van der Waals surface area (Å²) in [4.78, 5) is 2.38. The zero-order chi connectivity index (χ0) is 14.9. The molecular weight excluding hydrogens is 266 g/mol. The number of nitrogens with zero attached hydrogens (tertiary/aromatic N) is 1. The van der Waals surface area contributed by atoms with Crippen LogP contribution in [0.2, 0.25) is 0 Å². The van der Waals surface area contributed by atoms with Crippen molar-refractivity contribution in [3.63, 3.8) is 0 Å². The first-order valence-electron chi connectivity index (χ1n) is 7.92. The summed E-state index contributed by atoms with van der Waals surface area (Å²) in [6.45, 7) is 7.72. The molecule has 0 spiro atoms. The van der Waals surface area contributed by atoms with E-state index in [0.717, 1.165) is 36.6 Å². The van der Waals surface area contributed by atoms with Crippen molar-refractivity contribution in [3.05, 3.63) is 23.8 Å². The van der Waals surface area contributed by atoms with E-state index in [9.17, 15) is 5.11 Å². The standard InChI is InChI=1S/C17H25NO3/c1-17(2,18-8-3-4-9-18)16(19)13-6-7-14-15(12-13)21-11-5-10-20-14/h6-7,12,16,19H,3-5,8-11H2,1-2H3. The molecule has 21 heavy (non-hydrogen) atoms. The molecule has 0 amide bonds. The van der Waals surface area contributed by atoms with Gasteiger partial charge >= 0.3 is 0 Å². The minimum Gasteiger partial charge on any atom is -0.490 e. The summed E-state index contributed by atoms with van der Waals surface area (Å²) >= 11 is 0. The van der Waals surface area contributed by atoms with Crippen LogP contribution in [-0.4, -0.2) is 41.8 Å². The highest BCUT2D eigenvalue weighted by atomic mass is 16.5. The van der Waals surface area contributed by atoms with Crippen LogP contribution in [-0.2, 0) is 0 Å². The van der Waals surface area contributed by atoms with E-state index in [1.165, 1.54) is 12.8 Å². The smallest absolute Gasteiger partial charge is 0.161 e. The first-order valence-corrected chi connectivity index (χ1v) is 7.92. The highest BCUT2D eigenvalue weighted by Gasteiger charge is 2.37. The van der Waals surface area contributed by atoms with Gasteiger partial charge in [0.2, 0.25) is 0 Å². The average molecular weight is 291 g/mol. The van der Waals surface area contributed by atoms with E-state index in [-0.39, 0.29) is 5.54 Å². The topological polar surface area (TPSA) is 41.9 Å². The largest absolute Gasteiger partial charge is 0.490 e. The van der Waals surface area contributed by atoms with Gasteiger partial charge in [0, 0.05) is 12.0 Å². The number of ether oxygens (including phenoxy) is 2. The lowest BCUT2D eigenvalue weighted by Gasteiger charge is -2.39. The third-order valence-electron chi connectivity index (χ3n) is 4.68. The Balaban J connectivity index is 1.83. The fraction of sp³-hybridized carbons (Fsp3) is 0.647. The summed E-state index contributed by atoms with van der Waals surface area (Å²) in [5, 5.41) is 10.8. The Morgan fingerprint density at radius 2 is 1.71 bits per heavy atom. The molecule has 1 aromatic rings. The van der Waals surface area contributed by atoms with Crippen LogP contribution in [0, 0.1) is 0 Å². The summed E-state index contributed by atoms with van der Waals surface area (Å²) in [5.41, 5.74) is 0.632. The minimum atomic E-state index is -0.534. The van der Waals surface area contributed by atoms with E-state index < -0.39 is 6.10 Å². The van der Waals surface area contributed by atoms with Gasteiger partial charge in [-0.25, -0.2) is 0 Å². The maximum atomic E-state index is 10.8. The first kappa shape index (κ1) is 14.7. The molecule has 4 nitrogen and oxygen atoms in total. The van der Waals surface area contributed by atoms with Crippen LogP contribution in [0.5, 0.6) is 11.5 Å². The van der Waals surface area contributed by atoms with Crippen molar-refractivity contribution in [1.29, 1.82) is 0 Å². The molecule has 1 saturated heterocycles. The molecule has 1 N–H and O–H groups in total. The first-order chi connectivity index (χ1) is 10.1. The van der Waals surface area contributed by atoms with E-state index in [2.05, 4.69) is 18.7 Å². The minimum absolute atomic E-state index is 0.268. The van der Waals surface area contributed by atoms with Crippen molar-refractivity contribution in [2.45, 2.75) is 44.8 Å². The van der Waals surface area contributed by atoms with Crippen LogP contribution in [0.1, 0.15) is 44.8 Å². The van der Waals surface area contributed by atoms with Gasteiger partial charge in [-0.1, -0.05) is 6.07 Å². The molecule has 0 aromatic heterocycles. The summed E-state index contributed by atoms with van der Waals surface area (Å²) in [6.07, 6.45) is 2.80. The monoisotopic (exact) mass is 291 g/mol. The molecule has 0 bridgehead atoms. The van der Waals surface area contributed by atoms with Crippen molar-refractivity contribution < 1.29 is 14.6 Å². The number of fused-ring (bicyclic) bond motifs is 1. The van der Waals surface area contributed by atoms with E-state index >= 15 is 0 Å². The van der Waals surface area contributed by atoms with Gasteiger partial charge in [0.1, 0.15) is 0 Å². The molecule has 2 aliphatic rings. The molecule has 2 aliphatic heterocycles. The van der Waals surface area contributed by atoms with E-state index in [1.807, 2.05) is 18.2 Å². The lowest BCUT2D eigenvalue weighted by Crippen LogP contribution is -2.46. The fourth-order valence-electron chi connectivity index (χ4n) is 3.22. The van der Waals surface area contributed by atoms with Crippen LogP contribution in [0.4, 0.5) is 0 Å². The van der Waals surface area contributed by atoms with Crippen molar-refractivity contribution >= 4 is 0 Å². The second-order valence-corrected chi connectivity index (χ2v) is 6.51. The highest BCUT2D eigenvalue weighted by Crippen LogP contribution is 2.38. The molecule has 1 atom stereocenters. The number of hydrogen-bond donors (Lipinski definition) is 1. The maximum Gasteiger partial charge on any atom is 0.161 e. The Kier molecular flexibility index (Phi) is 4.09. The number of benzene rings is 1. The van der Waals surface area contributed by atoms with E-state index in [1.54, 1.807) is 0 Å². The molecule has 1 unspecified atom stereocenters. The van der Waals surface area contributed by atoms with Gasteiger partial charge in [-0.05, 0) is 57.5 Å². The average Bonchev–Trinajstić information content (AvgIpc) is 2.93. The number of aliphatic hydroxyl groups is 1. The highest BCUT2D eigenvalue weighted by molar-refractivity contribution is 5.44. The molecule has 3 rings (SSSR count). The van der Waals surface area contributed by atoms with E-state index in [4.69, 9.17) is 9.47 Å². The summed E-state index contributed by atoms with van der Waals surface area (Å²) in [7, 11) is 0. The number of aliphatic hydroxyl groups excluding tert-OH is 1. The Hall–Kier alpha value is -1.26. The second kappa shape index (κ2) is 5.85. The predicted octanol–water partition coefficient (Wildman–Crippen LogP) is 2.76. The van der Waals surface area contributed by atoms with Gasteiger partial charge in [-0.15, -0.1) is 0 Å². The molecule has 1 aromatic carbocycles. The van der Waals surface area contributed by atoms with Crippen molar-refractivity contribution in [3.8, 4) is 11.5 Å². The molecular formula is C17H25NO3. The molecule has 0 aliphatic carbocycles. The molecule has 4 heteroatoms. The lowest BCUT2D eigenvalue weighted by atomic mass is 9.89. The van der Waals surface area contributed by atoms with Crippen LogP contribution in [0.25, 0.3) is 0 Å². The molecule has 116 valence electrons. The number of rotatable bonds is 3. The van der Waals surface area contributed by atoms with Crippen molar-refractivity contribution in [1.82, 2.24) is 4.90 Å². The molecule has 0 radical (unpaired) electrons. The molecule has 0 saturated carbocycles. The number of likely N-dealkylation sites (tertiary alicyclic amines) is 1. The summed E-state index contributed by atoms with van der Waals surface area (Å²) in [6, 6.07) is 5.80. The predicted molar refractivity (Wildman–Crippen MR) is 81.9 cm³/mol. The zero-order valence-corrected chi connectivity index (χ0v) is 13.0. The third-order valence-corrected chi connectivity index (χ3v) is 4.68. The lowest BCUT2D eigenvalue weighted by molar-refractivity contribution is 0.00119. The third kappa shape index (κ3) is 2.87. The van der Waals surface area contributed by atoms with Crippen LogP contribution in [0.3, 0.4) is 0 Å². The Morgan fingerprint density at radius 1 is 1.05 bits per heavy atom. The SMILES string of the molecule is CC(C)(C(O)c1ccc2c(c1)OCCCO2)N1CCCC1. The fourth-order valence-corrected chi connectivity index (χ4v) is 3.22. The van der Waals surface area contributed by atoms with Crippen LogP contribution < -0.4 is 9.47 Å². The van der Waals surface area contributed by atoms with Gasteiger partial charge < -0.3 is 14.6 Å². The molecule has 2 heterocycles. The molecule has 1 fully saturated rings. The Morgan fingerprint density at radius 3 is 2.43 bits per heavy atom. The van der Waals surface area contributed by atoms with E-state index in [0.29, 0.717) is 13.2 Å². The van der Waals surface area contributed by atoms with Crippen molar-refractivity contribution in [2.24, 2.45) is 0 Å². The van der Waals surface area contributed by atoms with Gasteiger partial charge in [0.05, 0.1) is 19.3 Å². The van der Waals surface area contributed by atoms with Gasteiger partial charge in [-0.2, -0.15) is 0 Å². The maximum absolute atomic E-state index is 10.8. The second-order valence-electron chi connectivity index (χ2n) is 6.51. The van der Waals surface area contributed by atoms with Crippen LogP contribution >= 0.6 is 0 Å². The van der Waals surface area contributed by atoms with Crippen LogP contribution in [0.15, 0.2) is 18.2 Å². The normalized spacial score (nSPS) is 21.1. The number of hydrogen-bond acceptors (Lipinski definition) is 4. The summed E-state index contributed by atoms with van der Waals surface area (Å²) in [5.74, 6) is 1.53. The van der Waals surface area contributed by atoms with Gasteiger partial charge in [0.15, 0.2) is 11.5 Å².